The molecule has 0 aromatic heterocycles. The van der Waals surface area contributed by atoms with Crippen LogP contribution in [0.5, 0.6) is 0 Å². The number of rotatable bonds is 3. The standard InChI is InChI=1S/C13H13BrN2O3/c1-7(9-5-15-6-9)12(17)16-11-3-2-8(13(18)19)4-10(11)14/h2-4,15H,5-6H2,1H3,(H,16,17)(H,18,19). The molecule has 6 heteroatoms. The highest BCUT2D eigenvalue weighted by Gasteiger charge is 2.17. The summed E-state index contributed by atoms with van der Waals surface area (Å²) < 4.78 is 0.547. The highest BCUT2D eigenvalue weighted by atomic mass is 79.9. The number of carboxylic acids is 1. The van der Waals surface area contributed by atoms with Gasteiger partial charge in [0.25, 0.3) is 5.91 Å². The first kappa shape index (κ1) is 13.8. The lowest BCUT2D eigenvalue weighted by Crippen LogP contribution is -2.36. The molecule has 1 heterocycles. The van der Waals surface area contributed by atoms with Crippen molar-refractivity contribution in [3.8, 4) is 0 Å². The van der Waals surface area contributed by atoms with Crippen molar-refractivity contribution in [3.63, 3.8) is 0 Å². The molecule has 0 bridgehead atoms. The topological polar surface area (TPSA) is 78.4 Å². The quantitative estimate of drug-likeness (QED) is 0.743. The zero-order valence-corrected chi connectivity index (χ0v) is 11.9. The van der Waals surface area contributed by atoms with Crippen LogP contribution in [0.15, 0.2) is 33.8 Å². The van der Waals surface area contributed by atoms with Crippen molar-refractivity contribution >= 4 is 33.5 Å². The van der Waals surface area contributed by atoms with Crippen LogP contribution in [0.4, 0.5) is 5.69 Å². The van der Waals surface area contributed by atoms with Gasteiger partial charge in [-0.1, -0.05) is 0 Å². The minimum atomic E-state index is -1.00. The number of anilines is 1. The molecule has 100 valence electrons. The molecule has 5 nitrogen and oxygen atoms in total. The van der Waals surface area contributed by atoms with Gasteiger partial charge < -0.3 is 15.7 Å². The Hall–Kier alpha value is -1.66. The second kappa shape index (κ2) is 5.54. The fourth-order valence-electron chi connectivity index (χ4n) is 1.64. The molecule has 1 aliphatic rings. The summed E-state index contributed by atoms with van der Waals surface area (Å²) in [6, 6.07) is 4.49. The van der Waals surface area contributed by atoms with E-state index >= 15 is 0 Å². The van der Waals surface area contributed by atoms with Crippen molar-refractivity contribution in [1.29, 1.82) is 0 Å². The Kier molecular flexibility index (Phi) is 4.01. The van der Waals surface area contributed by atoms with E-state index in [0.29, 0.717) is 15.7 Å². The molecular formula is C13H13BrN2O3. The highest BCUT2D eigenvalue weighted by molar-refractivity contribution is 9.10. The maximum Gasteiger partial charge on any atom is 0.335 e. The number of amides is 1. The van der Waals surface area contributed by atoms with Crippen LogP contribution in [0, 0.1) is 0 Å². The van der Waals surface area contributed by atoms with Crippen molar-refractivity contribution < 1.29 is 14.7 Å². The number of carbonyl (C=O) groups excluding carboxylic acids is 1. The molecular weight excluding hydrogens is 312 g/mol. The summed E-state index contributed by atoms with van der Waals surface area (Å²) in [4.78, 5) is 22.8. The Labute approximate surface area is 118 Å². The molecule has 0 unspecified atom stereocenters. The molecule has 0 radical (unpaired) electrons. The molecule has 1 saturated heterocycles. The van der Waals surface area contributed by atoms with Crippen LogP contribution in [0.2, 0.25) is 0 Å². The summed E-state index contributed by atoms with van der Waals surface area (Å²) in [6.07, 6.45) is 0. The third kappa shape index (κ3) is 3.02. The van der Waals surface area contributed by atoms with Crippen LogP contribution in [-0.4, -0.2) is 30.1 Å². The van der Waals surface area contributed by atoms with E-state index in [1.54, 1.807) is 13.0 Å². The van der Waals surface area contributed by atoms with Crippen LogP contribution in [0.3, 0.4) is 0 Å². The van der Waals surface area contributed by atoms with Gasteiger partial charge in [0.05, 0.1) is 11.3 Å². The number of benzene rings is 1. The summed E-state index contributed by atoms with van der Waals surface area (Å²) in [6.45, 7) is 3.28. The normalized spacial score (nSPS) is 13.7. The number of nitrogens with one attached hydrogen (secondary N) is 2. The Morgan fingerprint density at radius 1 is 1.37 bits per heavy atom. The van der Waals surface area contributed by atoms with E-state index in [2.05, 4.69) is 26.6 Å². The lowest BCUT2D eigenvalue weighted by molar-refractivity contribution is -0.112. The molecule has 19 heavy (non-hydrogen) atoms. The van der Waals surface area contributed by atoms with Gasteiger partial charge in [-0.25, -0.2) is 4.79 Å². The average Bonchev–Trinajstić information content (AvgIpc) is 2.29. The third-order valence-electron chi connectivity index (χ3n) is 3.01. The van der Waals surface area contributed by atoms with Gasteiger partial charge in [-0.15, -0.1) is 0 Å². The maximum absolute atomic E-state index is 12.0. The number of hydrogen-bond acceptors (Lipinski definition) is 3. The van der Waals surface area contributed by atoms with Crippen LogP contribution < -0.4 is 10.6 Å². The summed E-state index contributed by atoms with van der Waals surface area (Å²) in [5, 5.41) is 14.7. The first-order valence-corrected chi connectivity index (χ1v) is 6.52. The zero-order chi connectivity index (χ0) is 14.0. The van der Waals surface area contributed by atoms with Crippen molar-refractivity contribution in [2.24, 2.45) is 0 Å². The second-order valence-electron chi connectivity index (χ2n) is 4.29. The van der Waals surface area contributed by atoms with Crippen molar-refractivity contribution in [1.82, 2.24) is 5.32 Å². The zero-order valence-electron chi connectivity index (χ0n) is 10.3. The Balaban J connectivity index is 2.15. The maximum atomic E-state index is 12.0. The molecule has 1 aliphatic heterocycles. The van der Waals surface area contributed by atoms with E-state index in [9.17, 15) is 9.59 Å². The molecule has 2 rings (SSSR count). The number of carboxylic acid groups (broad SMARTS) is 1. The van der Waals surface area contributed by atoms with Crippen LogP contribution in [0.25, 0.3) is 0 Å². The molecule has 3 N–H and O–H groups in total. The monoisotopic (exact) mass is 324 g/mol. The Bertz CT molecular complexity index is 575. The Morgan fingerprint density at radius 3 is 2.53 bits per heavy atom. The van der Waals surface area contributed by atoms with Gasteiger partial charge in [-0.05, 0) is 46.6 Å². The van der Waals surface area contributed by atoms with Gasteiger partial charge in [0, 0.05) is 23.1 Å². The molecule has 0 spiro atoms. The molecule has 0 atom stereocenters. The Morgan fingerprint density at radius 2 is 2.05 bits per heavy atom. The first-order valence-electron chi connectivity index (χ1n) is 5.72. The van der Waals surface area contributed by atoms with Crippen molar-refractivity contribution in [3.05, 3.63) is 39.4 Å². The van der Waals surface area contributed by atoms with Crippen LogP contribution in [0.1, 0.15) is 17.3 Å². The van der Waals surface area contributed by atoms with E-state index in [-0.39, 0.29) is 11.5 Å². The minimum absolute atomic E-state index is 0.166. The van der Waals surface area contributed by atoms with E-state index in [0.717, 1.165) is 18.7 Å². The van der Waals surface area contributed by atoms with E-state index in [1.165, 1.54) is 12.1 Å². The summed E-state index contributed by atoms with van der Waals surface area (Å²) in [5.41, 5.74) is 2.52. The predicted octanol–water partition coefficient (Wildman–Crippen LogP) is 2.01. The predicted molar refractivity (Wildman–Crippen MR) is 75.3 cm³/mol. The number of carbonyl (C=O) groups is 2. The van der Waals surface area contributed by atoms with Crippen LogP contribution >= 0.6 is 15.9 Å². The smallest absolute Gasteiger partial charge is 0.335 e. The van der Waals surface area contributed by atoms with Gasteiger partial charge in [0.2, 0.25) is 0 Å². The lowest BCUT2D eigenvalue weighted by Gasteiger charge is -2.21. The molecule has 1 aromatic rings. The fraction of sp³-hybridized carbons (Fsp3) is 0.231. The fourth-order valence-corrected chi connectivity index (χ4v) is 2.12. The SMILES string of the molecule is CC(C(=O)Nc1ccc(C(=O)O)cc1Br)=C1CNC1. The highest BCUT2D eigenvalue weighted by Crippen LogP contribution is 2.24. The summed E-state index contributed by atoms with van der Waals surface area (Å²) in [5.74, 6) is -1.17. The molecule has 1 amide bonds. The van der Waals surface area contributed by atoms with E-state index in [1.807, 2.05) is 0 Å². The average molecular weight is 325 g/mol. The van der Waals surface area contributed by atoms with Gasteiger partial charge in [-0.3, -0.25) is 4.79 Å². The number of hydrogen-bond donors (Lipinski definition) is 3. The van der Waals surface area contributed by atoms with Crippen LogP contribution in [-0.2, 0) is 4.79 Å². The minimum Gasteiger partial charge on any atom is -0.478 e. The second-order valence-corrected chi connectivity index (χ2v) is 5.14. The number of aromatic carboxylic acids is 1. The molecule has 1 aromatic carbocycles. The van der Waals surface area contributed by atoms with Gasteiger partial charge in [0.1, 0.15) is 0 Å². The molecule has 1 fully saturated rings. The van der Waals surface area contributed by atoms with Crippen molar-refractivity contribution in [2.75, 3.05) is 18.4 Å². The first-order chi connectivity index (χ1) is 8.99. The molecule has 0 aliphatic carbocycles. The molecule has 0 saturated carbocycles. The summed E-state index contributed by atoms with van der Waals surface area (Å²) in [7, 11) is 0. The number of halogens is 1. The van der Waals surface area contributed by atoms with Crippen molar-refractivity contribution in [2.45, 2.75) is 6.92 Å². The lowest BCUT2D eigenvalue weighted by atomic mass is 10.0. The van der Waals surface area contributed by atoms with E-state index < -0.39 is 5.97 Å². The summed E-state index contributed by atoms with van der Waals surface area (Å²) >= 11 is 3.25. The van der Waals surface area contributed by atoms with Gasteiger partial charge >= 0.3 is 5.97 Å². The van der Waals surface area contributed by atoms with E-state index in [4.69, 9.17) is 5.11 Å². The third-order valence-corrected chi connectivity index (χ3v) is 3.67. The van der Waals surface area contributed by atoms with Gasteiger partial charge in [0.15, 0.2) is 0 Å². The largest absolute Gasteiger partial charge is 0.478 e. The van der Waals surface area contributed by atoms with Gasteiger partial charge in [-0.2, -0.15) is 0 Å².